The zero-order valence-corrected chi connectivity index (χ0v) is 15.7. The molecule has 4 nitrogen and oxygen atoms in total. The normalized spacial score (nSPS) is 20.4. The number of benzene rings is 1. The third-order valence-electron chi connectivity index (χ3n) is 4.17. The standard InChI is InChI=1S/C17H25BrN2O2.ClH/c18-14-6-3-7-15(11-14)22-10-4-9-17(21)20-16-8-2-1-5-13(16)12-19;/h3,6-7,11,13,16H,1-2,4-5,8-10,12,19H2,(H,20,21);1H. The predicted molar refractivity (Wildman–Crippen MR) is 99.1 cm³/mol. The van der Waals surface area contributed by atoms with E-state index >= 15 is 0 Å². The highest BCUT2D eigenvalue weighted by Gasteiger charge is 2.24. The molecule has 0 bridgehead atoms. The van der Waals surface area contributed by atoms with Crippen LogP contribution in [-0.4, -0.2) is 25.1 Å². The second-order valence-corrected chi connectivity index (χ2v) is 6.78. The summed E-state index contributed by atoms with van der Waals surface area (Å²) in [5.41, 5.74) is 5.79. The van der Waals surface area contributed by atoms with E-state index in [1.807, 2.05) is 24.3 Å². The van der Waals surface area contributed by atoms with E-state index in [0.717, 1.165) is 29.5 Å². The fourth-order valence-electron chi connectivity index (χ4n) is 2.94. The van der Waals surface area contributed by atoms with Crippen molar-refractivity contribution in [3.8, 4) is 5.75 Å². The van der Waals surface area contributed by atoms with E-state index in [1.54, 1.807) is 0 Å². The van der Waals surface area contributed by atoms with Crippen LogP contribution in [0.3, 0.4) is 0 Å². The van der Waals surface area contributed by atoms with Gasteiger partial charge in [0.2, 0.25) is 5.91 Å². The minimum atomic E-state index is 0. The molecular weight excluding hydrogens is 380 g/mol. The Hall–Kier alpha value is -0.780. The lowest BCUT2D eigenvalue weighted by Crippen LogP contribution is -2.44. The van der Waals surface area contributed by atoms with Crippen molar-refractivity contribution < 1.29 is 9.53 Å². The van der Waals surface area contributed by atoms with Crippen molar-refractivity contribution >= 4 is 34.2 Å². The number of nitrogens with one attached hydrogen (secondary N) is 1. The molecule has 0 aliphatic heterocycles. The van der Waals surface area contributed by atoms with Gasteiger partial charge >= 0.3 is 0 Å². The summed E-state index contributed by atoms with van der Waals surface area (Å²) in [5.74, 6) is 1.38. The molecule has 2 rings (SSSR count). The number of ether oxygens (including phenoxy) is 1. The molecule has 1 saturated carbocycles. The van der Waals surface area contributed by atoms with E-state index in [9.17, 15) is 4.79 Å². The fourth-order valence-corrected chi connectivity index (χ4v) is 3.32. The van der Waals surface area contributed by atoms with Gasteiger partial charge in [0.1, 0.15) is 5.75 Å². The van der Waals surface area contributed by atoms with Crippen LogP contribution in [0.25, 0.3) is 0 Å². The van der Waals surface area contributed by atoms with Crippen LogP contribution in [0.1, 0.15) is 38.5 Å². The van der Waals surface area contributed by atoms with Crippen molar-refractivity contribution in [2.24, 2.45) is 11.7 Å². The zero-order valence-electron chi connectivity index (χ0n) is 13.3. The number of carbonyl (C=O) groups excluding carboxylic acids is 1. The van der Waals surface area contributed by atoms with Gasteiger partial charge in [0.05, 0.1) is 6.61 Å². The summed E-state index contributed by atoms with van der Waals surface area (Å²) in [7, 11) is 0. The lowest BCUT2D eigenvalue weighted by molar-refractivity contribution is -0.122. The molecule has 0 spiro atoms. The second-order valence-electron chi connectivity index (χ2n) is 5.86. The van der Waals surface area contributed by atoms with Gasteiger partial charge in [-0.05, 0) is 49.9 Å². The first kappa shape index (κ1) is 20.3. The van der Waals surface area contributed by atoms with Crippen LogP contribution in [-0.2, 0) is 4.79 Å². The average molecular weight is 406 g/mol. The molecule has 23 heavy (non-hydrogen) atoms. The lowest BCUT2D eigenvalue weighted by Gasteiger charge is -2.31. The highest BCUT2D eigenvalue weighted by atomic mass is 79.9. The first-order chi connectivity index (χ1) is 10.7. The van der Waals surface area contributed by atoms with E-state index < -0.39 is 0 Å². The van der Waals surface area contributed by atoms with E-state index in [1.165, 1.54) is 12.8 Å². The molecule has 0 radical (unpaired) electrons. The maximum absolute atomic E-state index is 12.0. The van der Waals surface area contributed by atoms with Crippen molar-refractivity contribution in [2.45, 2.75) is 44.6 Å². The molecule has 130 valence electrons. The van der Waals surface area contributed by atoms with Crippen LogP contribution >= 0.6 is 28.3 Å². The van der Waals surface area contributed by atoms with Crippen molar-refractivity contribution in [1.82, 2.24) is 5.32 Å². The topological polar surface area (TPSA) is 64.3 Å². The highest BCUT2D eigenvalue weighted by Crippen LogP contribution is 2.23. The maximum atomic E-state index is 12.0. The van der Waals surface area contributed by atoms with Crippen LogP contribution in [0.5, 0.6) is 5.75 Å². The molecule has 1 fully saturated rings. The van der Waals surface area contributed by atoms with Gasteiger partial charge in [-0.1, -0.05) is 34.8 Å². The Morgan fingerprint density at radius 1 is 1.35 bits per heavy atom. The van der Waals surface area contributed by atoms with E-state index in [4.69, 9.17) is 10.5 Å². The van der Waals surface area contributed by atoms with Crippen molar-refractivity contribution in [3.63, 3.8) is 0 Å². The fraction of sp³-hybridized carbons (Fsp3) is 0.588. The molecule has 6 heteroatoms. The highest BCUT2D eigenvalue weighted by molar-refractivity contribution is 9.10. The Labute approximate surface area is 153 Å². The number of carbonyl (C=O) groups is 1. The summed E-state index contributed by atoms with van der Waals surface area (Å²) in [6.07, 6.45) is 5.83. The van der Waals surface area contributed by atoms with Gasteiger partial charge in [-0.3, -0.25) is 4.79 Å². The van der Waals surface area contributed by atoms with Crippen LogP contribution in [0.4, 0.5) is 0 Å². The average Bonchev–Trinajstić information content (AvgIpc) is 2.52. The first-order valence-corrected chi connectivity index (χ1v) is 8.86. The Morgan fingerprint density at radius 2 is 2.13 bits per heavy atom. The van der Waals surface area contributed by atoms with Gasteiger partial charge < -0.3 is 15.8 Å². The molecule has 0 saturated heterocycles. The third-order valence-corrected chi connectivity index (χ3v) is 4.66. The summed E-state index contributed by atoms with van der Waals surface area (Å²) in [4.78, 5) is 12.0. The molecule has 0 aromatic heterocycles. The maximum Gasteiger partial charge on any atom is 0.220 e. The number of nitrogens with two attached hydrogens (primary N) is 1. The van der Waals surface area contributed by atoms with Crippen molar-refractivity contribution in [1.29, 1.82) is 0 Å². The monoisotopic (exact) mass is 404 g/mol. The van der Waals surface area contributed by atoms with Gasteiger partial charge in [-0.2, -0.15) is 0 Å². The second kappa shape index (κ2) is 10.9. The van der Waals surface area contributed by atoms with E-state index in [0.29, 0.717) is 25.5 Å². The SMILES string of the molecule is Cl.NCC1CCCCC1NC(=O)CCCOc1cccc(Br)c1. The van der Waals surface area contributed by atoms with Crippen LogP contribution in [0.2, 0.25) is 0 Å². The smallest absolute Gasteiger partial charge is 0.220 e. The van der Waals surface area contributed by atoms with Crippen molar-refractivity contribution in [2.75, 3.05) is 13.2 Å². The minimum absolute atomic E-state index is 0. The molecule has 1 aromatic rings. The zero-order chi connectivity index (χ0) is 15.8. The molecule has 2 atom stereocenters. The van der Waals surface area contributed by atoms with E-state index in [2.05, 4.69) is 21.2 Å². The summed E-state index contributed by atoms with van der Waals surface area (Å²) in [6.45, 7) is 1.21. The van der Waals surface area contributed by atoms with Crippen LogP contribution in [0, 0.1) is 5.92 Å². The number of hydrogen-bond acceptors (Lipinski definition) is 3. The summed E-state index contributed by atoms with van der Waals surface area (Å²) in [6, 6.07) is 7.99. The molecule has 3 N–H and O–H groups in total. The van der Waals surface area contributed by atoms with Gasteiger partial charge in [0, 0.05) is 16.9 Å². The quantitative estimate of drug-likeness (QED) is 0.680. The Morgan fingerprint density at radius 3 is 2.87 bits per heavy atom. The Kier molecular flexibility index (Phi) is 9.60. The van der Waals surface area contributed by atoms with Crippen LogP contribution < -0.4 is 15.8 Å². The summed E-state index contributed by atoms with van der Waals surface area (Å²) < 4.78 is 6.63. The van der Waals surface area contributed by atoms with E-state index in [-0.39, 0.29) is 24.4 Å². The Bertz CT molecular complexity index is 487. The number of amides is 1. The van der Waals surface area contributed by atoms with Gasteiger partial charge in [-0.15, -0.1) is 12.4 Å². The van der Waals surface area contributed by atoms with Gasteiger partial charge in [0.15, 0.2) is 0 Å². The first-order valence-electron chi connectivity index (χ1n) is 8.07. The van der Waals surface area contributed by atoms with Gasteiger partial charge in [0.25, 0.3) is 0 Å². The number of halogens is 2. The molecule has 1 aliphatic rings. The van der Waals surface area contributed by atoms with Crippen LogP contribution in [0.15, 0.2) is 28.7 Å². The summed E-state index contributed by atoms with van der Waals surface area (Å²) in [5, 5.41) is 3.15. The number of hydrogen-bond donors (Lipinski definition) is 2. The lowest BCUT2D eigenvalue weighted by atomic mass is 9.84. The molecular formula is C17H26BrClN2O2. The Balaban J connectivity index is 0.00000264. The largest absolute Gasteiger partial charge is 0.494 e. The molecule has 0 heterocycles. The van der Waals surface area contributed by atoms with Gasteiger partial charge in [-0.25, -0.2) is 0 Å². The number of rotatable bonds is 7. The molecule has 1 aromatic carbocycles. The summed E-state index contributed by atoms with van der Waals surface area (Å²) >= 11 is 3.41. The van der Waals surface area contributed by atoms with Crippen molar-refractivity contribution in [3.05, 3.63) is 28.7 Å². The molecule has 2 unspecified atom stereocenters. The minimum Gasteiger partial charge on any atom is -0.494 e. The predicted octanol–water partition coefficient (Wildman–Crippen LogP) is 3.66. The third kappa shape index (κ3) is 7.10. The molecule has 1 aliphatic carbocycles. The molecule has 1 amide bonds.